The first-order valence-electron chi connectivity index (χ1n) is 8.73. The number of benzene rings is 2. The van der Waals surface area contributed by atoms with Crippen LogP contribution in [-0.2, 0) is 20.9 Å². The highest BCUT2D eigenvalue weighted by molar-refractivity contribution is 5.88. The number of hydrogen-bond donors (Lipinski definition) is 1. The average molecular weight is 352 g/mol. The third-order valence-electron chi connectivity index (χ3n) is 3.90. The molecule has 0 bridgehead atoms. The predicted octanol–water partition coefficient (Wildman–Crippen LogP) is 3.92. The van der Waals surface area contributed by atoms with Crippen LogP contribution in [0.15, 0.2) is 60.7 Å². The summed E-state index contributed by atoms with van der Waals surface area (Å²) >= 11 is 0. The molecule has 0 radical (unpaired) electrons. The first-order valence-corrected chi connectivity index (χ1v) is 8.73. The Morgan fingerprint density at radius 3 is 2.38 bits per heavy atom. The molecule has 1 atom stereocenters. The topological polar surface area (TPSA) is 71.4 Å². The summed E-state index contributed by atoms with van der Waals surface area (Å²) < 4.78 is 10.8. The van der Waals surface area contributed by atoms with Crippen LogP contribution in [0.3, 0.4) is 0 Å². The van der Waals surface area contributed by atoms with E-state index in [1.165, 1.54) is 0 Å². The molecule has 5 nitrogen and oxygen atoms in total. The number of hydrogen-bond acceptors (Lipinski definition) is 5. The summed E-state index contributed by atoms with van der Waals surface area (Å²) in [5, 5.41) is 12.8. The molecule has 0 amide bonds. The Balaban J connectivity index is 1.95. The zero-order chi connectivity index (χ0) is 18.7. The monoisotopic (exact) mass is 352 g/mol. The Morgan fingerprint density at radius 2 is 1.77 bits per heavy atom. The molecule has 0 aliphatic carbocycles. The molecule has 2 aromatic carbocycles. The molecular formula is C21H24N2O3. The van der Waals surface area contributed by atoms with Crippen LogP contribution in [0.5, 0.6) is 0 Å². The van der Waals surface area contributed by atoms with E-state index in [1.807, 2.05) is 60.7 Å². The van der Waals surface area contributed by atoms with E-state index in [0.717, 1.165) is 5.56 Å². The van der Waals surface area contributed by atoms with Crippen LogP contribution < -0.4 is 5.32 Å². The van der Waals surface area contributed by atoms with Gasteiger partial charge in [0.25, 0.3) is 0 Å². The molecule has 2 aromatic rings. The van der Waals surface area contributed by atoms with Gasteiger partial charge in [0.2, 0.25) is 5.54 Å². The lowest BCUT2D eigenvalue weighted by Crippen LogP contribution is -2.46. The molecule has 0 unspecified atom stereocenters. The molecular weight excluding hydrogens is 328 g/mol. The van der Waals surface area contributed by atoms with E-state index in [-0.39, 0.29) is 6.61 Å². The zero-order valence-electron chi connectivity index (χ0n) is 15.0. The summed E-state index contributed by atoms with van der Waals surface area (Å²) in [6.07, 6.45) is 0.852. The number of rotatable bonds is 10. The third-order valence-corrected chi connectivity index (χ3v) is 3.90. The second-order valence-corrected chi connectivity index (χ2v) is 5.87. The highest BCUT2D eigenvalue weighted by Crippen LogP contribution is 2.22. The van der Waals surface area contributed by atoms with Crippen molar-refractivity contribution in [3.05, 3.63) is 66.2 Å². The number of nitrogens with zero attached hydrogens (tertiary/aromatic N) is 1. The summed E-state index contributed by atoms with van der Waals surface area (Å²) in [4.78, 5) is 12.4. The van der Waals surface area contributed by atoms with Gasteiger partial charge in [-0.15, -0.1) is 0 Å². The fourth-order valence-corrected chi connectivity index (χ4v) is 2.57. The summed E-state index contributed by atoms with van der Waals surface area (Å²) in [6, 6.07) is 21.2. The van der Waals surface area contributed by atoms with E-state index in [4.69, 9.17) is 9.47 Å². The van der Waals surface area contributed by atoms with Crippen molar-refractivity contribution >= 4 is 11.7 Å². The molecule has 0 spiro atoms. The van der Waals surface area contributed by atoms with Crippen LogP contribution >= 0.6 is 0 Å². The molecule has 0 aliphatic rings. The van der Waals surface area contributed by atoms with Crippen LogP contribution in [0.25, 0.3) is 0 Å². The van der Waals surface area contributed by atoms with E-state index < -0.39 is 11.5 Å². The average Bonchev–Trinajstić information content (AvgIpc) is 2.68. The van der Waals surface area contributed by atoms with Crippen molar-refractivity contribution in [3.8, 4) is 6.07 Å². The molecule has 136 valence electrons. The summed E-state index contributed by atoms with van der Waals surface area (Å²) in [5.41, 5.74) is 0.368. The summed E-state index contributed by atoms with van der Waals surface area (Å²) in [5.74, 6) is -0.561. The highest BCUT2D eigenvalue weighted by atomic mass is 16.5. The fourth-order valence-electron chi connectivity index (χ4n) is 2.57. The van der Waals surface area contributed by atoms with Gasteiger partial charge in [0.1, 0.15) is 6.07 Å². The fraction of sp³-hybridized carbons (Fsp3) is 0.333. The standard InChI is InChI=1S/C21H24N2O3/c1-2-26-20(24)21(17-22,23-19-12-7-4-8-13-19)14-9-15-25-16-18-10-5-3-6-11-18/h3-8,10-13,23H,2,9,14-16H2,1H3/t21-/m1/s1. The Hall–Kier alpha value is -2.84. The molecule has 0 saturated heterocycles. The van der Waals surface area contributed by atoms with Gasteiger partial charge in [0.05, 0.1) is 13.2 Å². The van der Waals surface area contributed by atoms with Crippen molar-refractivity contribution in [1.82, 2.24) is 0 Å². The van der Waals surface area contributed by atoms with Crippen molar-refractivity contribution in [2.75, 3.05) is 18.5 Å². The Kier molecular flexibility index (Phi) is 7.66. The van der Waals surface area contributed by atoms with Crippen LogP contribution in [0.1, 0.15) is 25.3 Å². The van der Waals surface area contributed by atoms with Crippen molar-refractivity contribution in [3.63, 3.8) is 0 Å². The lowest BCUT2D eigenvalue weighted by atomic mass is 9.94. The van der Waals surface area contributed by atoms with Gasteiger partial charge in [0.15, 0.2) is 0 Å². The number of carbonyl (C=O) groups excluding carboxylic acids is 1. The van der Waals surface area contributed by atoms with E-state index in [2.05, 4.69) is 11.4 Å². The van der Waals surface area contributed by atoms with Gasteiger partial charge in [-0.25, -0.2) is 4.79 Å². The number of ether oxygens (including phenoxy) is 2. The SMILES string of the molecule is CCOC(=O)[C@](C#N)(CCCOCc1ccccc1)Nc1ccccc1. The smallest absolute Gasteiger partial charge is 0.346 e. The van der Waals surface area contributed by atoms with Gasteiger partial charge in [-0.05, 0) is 37.5 Å². The minimum absolute atomic E-state index is 0.225. The second kappa shape index (κ2) is 10.2. The Bertz CT molecular complexity index is 713. The zero-order valence-corrected chi connectivity index (χ0v) is 15.0. The van der Waals surface area contributed by atoms with Crippen molar-refractivity contribution in [2.24, 2.45) is 0 Å². The van der Waals surface area contributed by atoms with Crippen molar-refractivity contribution in [2.45, 2.75) is 31.9 Å². The molecule has 0 saturated carbocycles. The molecule has 0 fully saturated rings. The van der Waals surface area contributed by atoms with Gasteiger partial charge in [-0.3, -0.25) is 0 Å². The maximum absolute atomic E-state index is 12.4. The predicted molar refractivity (Wildman–Crippen MR) is 100 cm³/mol. The number of esters is 1. The van der Waals surface area contributed by atoms with E-state index in [1.54, 1.807) is 6.92 Å². The van der Waals surface area contributed by atoms with E-state index in [0.29, 0.717) is 31.7 Å². The molecule has 1 N–H and O–H groups in total. The van der Waals surface area contributed by atoms with Gasteiger partial charge in [-0.2, -0.15) is 5.26 Å². The number of carbonyl (C=O) groups is 1. The molecule has 26 heavy (non-hydrogen) atoms. The summed E-state index contributed by atoms with van der Waals surface area (Å²) in [6.45, 7) is 2.91. The minimum atomic E-state index is -1.42. The Labute approximate surface area is 154 Å². The third kappa shape index (κ3) is 5.61. The normalized spacial score (nSPS) is 12.6. The molecule has 0 aromatic heterocycles. The number of para-hydroxylation sites is 1. The molecule has 0 heterocycles. The largest absolute Gasteiger partial charge is 0.463 e. The molecule has 2 rings (SSSR count). The Morgan fingerprint density at radius 1 is 1.12 bits per heavy atom. The molecule has 0 aliphatic heterocycles. The minimum Gasteiger partial charge on any atom is -0.463 e. The lowest BCUT2D eigenvalue weighted by molar-refractivity contribution is -0.146. The number of nitrogens with one attached hydrogen (secondary N) is 1. The van der Waals surface area contributed by atoms with Crippen LogP contribution in [0.4, 0.5) is 5.69 Å². The van der Waals surface area contributed by atoms with Crippen molar-refractivity contribution in [1.29, 1.82) is 5.26 Å². The van der Waals surface area contributed by atoms with E-state index >= 15 is 0 Å². The first-order chi connectivity index (χ1) is 12.7. The lowest BCUT2D eigenvalue weighted by Gasteiger charge is -2.26. The highest BCUT2D eigenvalue weighted by Gasteiger charge is 2.40. The maximum atomic E-state index is 12.4. The maximum Gasteiger partial charge on any atom is 0.346 e. The number of nitriles is 1. The van der Waals surface area contributed by atoms with Gasteiger partial charge >= 0.3 is 5.97 Å². The van der Waals surface area contributed by atoms with Crippen LogP contribution in [0.2, 0.25) is 0 Å². The van der Waals surface area contributed by atoms with Crippen LogP contribution in [-0.4, -0.2) is 24.7 Å². The van der Waals surface area contributed by atoms with Crippen molar-refractivity contribution < 1.29 is 14.3 Å². The first kappa shape index (κ1) is 19.5. The summed E-state index contributed by atoms with van der Waals surface area (Å²) in [7, 11) is 0. The second-order valence-electron chi connectivity index (χ2n) is 5.87. The van der Waals surface area contributed by atoms with Gasteiger partial charge < -0.3 is 14.8 Å². The van der Waals surface area contributed by atoms with Gasteiger partial charge in [-0.1, -0.05) is 48.5 Å². The van der Waals surface area contributed by atoms with Gasteiger partial charge in [0, 0.05) is 12.3 Å². The van der Waals surface area contributed by atoms with E-state index in [9.17, 15) is 10.1 Å². The molecule has 5 heteroatoms. The quantitative estimate of drug-likeness (QED) is 0.518. The van der Waals surface area contributed by atoms with Crippen LogP contribution in [0, 0.1) is 11.3 Å². The number of anilines is 1.